The van der Waals surface area contributed by atoms with E-state index in [9.17, 15) is 18.0 Å². The summed E-state index contributed by atoms with van der Waals surface area (Å²) in [6.45, 7) is 7.93. The van der Waals surface area contributed by atoms with E-state index >= 15 is 0 Å². The number of carbonyl (C=O) groups is 1. The molecule has 1 aromatic heterocycles. The molecule has 2 rings (SSSR count). The smallest absolute Gasteiger partial charge is 0.354 e. The lowest BCUT2D eigenvalue weighted by Gasteiger charge is -2.38. The van der Waals surface area contributed by atoms with Crippen LogP contribution in [0.3, 0.4) is 0 Å². The van der Waals surface area contributed by atoms with Gasteiger partial charge in [0.25, 0.3) is 0 Å². The number of pyridine rings is 1. The van der Waals surface area contributed by atoms with Gasteiger partial charge in [0.15, 0.2) is 0 Å². The molecular weight excluding hydrogens is 321 g/mol. The lowest BCUT2D eigenvalue weighted by atomic mass is 10.2. The largest absolute Gasteiger partial charge is 0.433 e. The van der Waals surface area contributed by atoms with Gasteiger partial charge in [-0.15, -0.1) is 0 Å². The first kappa shape index (κ1) is 18.5. The van der Waals surface area contributed by atoms with Crippen molar-refractivity contribution >= 4 is 11.7 Å². The number of aromatic nitrogens is 1. The van der Waals surface area contributed by atoms with Gasteiger partial charge in [0.2, 0.25) is 5.91 Å². The molecule has 2 heterocycles. The van der Waals surface area contributed by atoms with Crippen molar-refractivity contribution in [1.82, 2.24) is 15.2 Å². The van der Waals surface area contributed by atoms with Gasteiger partial charge in [0.1, 0.15) is 11.5 Å². The van der Waals surface area contributed by atoms with Crippen molar-refractivity contribution in [2.24, 2.45) is 0 Å². The Bertz CT molecular complexity index is 569. The molecule has 134 valence electrons. The van der Waals surface area contributed by atoms with E-state index in [2.05, 4.69) is 10.3 Å². The summed E-state index contributed by atoms with van der Waals surface area (Å²) in [5.74, 6) is 0.291. The monoisotopic (exact) mass is 344 g/mol. The zero-order chi connectivity index (χ0) is 17.9. The fourth-order valence-corrected chi connectivity index (χ4v) is 2.67. The van der Waals surface area contributed by atoms with Crippen molar-refractivity contribution in [3.05, 3.63) is 23.9 Å². The van der Waals surface area contributed by atoms with E-state index in [1.54, 1.807) is 6.07 Å². The molecule has 1 saturated heterocycles. The molecule has 0 radical (unpaired) electrons. The molecule has 1 atom stereocenters. The van der Waals surface area contributed by atoms with Crippen LogP contribution in [0.2, 0.25) is 0 Å². The van der Waals surface area contributed by atoms with Crippen LogP contribution in [0.15, 0.2) is 18.2 Å². The Morgan fingerprint density at radius 2 is 1.79 bits per heavy atom. The van der Waals surface area contributed by atoms with E-state index in [1.807, 2.05) is 30.6 Å². The van der Waals surface area contributed by atoms with Crippen LogP contribution in [0.4, 0.5) is 19.0 Å². The van der Waals surface area contributed by atoms with Crippen LogP contribution in [0.1, 0.15) is 26.5 Å². The zero-order valence-electron chi connectivity index (χ0n) is 14.1. The number of alkyl halides is 3. The van der Waals surface area contributed by atoms with Crippen LogP contribution in [-0.4, -0.2) is 54.1 Å². The third kappa shape index (κ3) is 4.59. The van der Waals surface area contributed by atoms with E-state index in [1.165, 1.54) is 6.07 Å². The highest BCUT2D eigenvalue weighted by atomic mass is 19.4. The molecule has 1 fully saturated rings. The zero-order valence-corrected chi connectivity index (χ0v) is 14.1. The minimum Gasteiger partial charge on any atom is -0.354 e. The third-order valence-electron chi connectivity index (χ3n) is 4.02. The van der Waals surface area contributed by atoms with Crippen LogP contribution in [0, 0.1) is 0 Å². The molecule has 0 saturated carbocycles. The summed E-state index contributed by atoms with van der Waals surface area (Å²) in [5.41, 5.74) is -0.882. The number of rotatable bonds is 4. The Balaban J connectivity index is 1.97. The molecule has 1 unspecified atom stereocenters. The lowest BCUT2D eigenvalue weighted by molar-refractivity contribution is -0.141. The number of hydrogen-bond donors (Lipinski definition) is 1. The molecule has 1 N–H and O–H groups in total. The summed E-state index contributed by atoms with van der Waals surface area (Å²) in [6.07, 6.45) is -4.44. The first-order chi connectivity index (χ1) is 11.2. The highest BCUT2D eigenvalue weighted by molar-refractivity contribution is 5.81. The maximum atomic E-state index is 12.8. The molecule has 8 heteroatoms. The summed E-state index contributed by atoms with van der Waals surface area (Å²) in [5, 5.41) is 2.88. The second-order valence-corrected chi connectivity index (χ2v) is 6.24. The summed E-state index contributed by atoms with van der Waals surface area (Å²) in [6, 6.07) is 3.74. The molecule has 5 nitrogen and oxygen atoms in total. The van der Waals surface area contributed by atoms with E-state index in [0.29, 0.717) is 32.0 Å². The SMILES string of the molecule is CC(C)NC(=O)C(C)N1CCN(c2cccc(C(F)(F)F)n2)CC1. The summed E-state index contributed by atoms with van der Waals surface area (Å²) >= 11 is 0. The number of amides is 1. The van der Waals surface area contributed by atoms with Gasteiger partial charge in [-0.05, 0) is 32.9 Å². The van der Waals surface area contributed by atoms with Gasteiger partial charge in [-0.3, -0.25) is 9.69 Å². The van der Waals surface area contributed by atoms with Crippen molar-refractivity contribution in [3.8, 4) is 0 Å². The standard InChI is InChI=1S/C16H23F3N4O/c1-11(2)20-15(24)12(3)22-7-9-23(10-8-22)14-6-4-5-13(21-14)16(17,18)19/h4-6,11-12H,7-10H2,1-3H3,(H,20,24). The average Bonchev–Trinajstić information content (AvgIpc) is 2.53. The minimum atomic E-state index is -4.44. The van der Waals surface area contributed by atoms with Gasteiger partial charge >= 0.3 is 6.18 Å². The molecule has 1 aliphatic rings. The van der Waals surface area contributed by atoms with Crippen LogP contribution in [-0.2, 0) is 11.0 Å². The first-order valence-electron chi connectivity index (χ1n) is 8.02. The predicted octanol–water partition coefficient (Wildman–Crippen LogP) is 2.14. The minimum absolute atomic E-state index is 0.0318. The summed E-state index contributed by atoms with van der Waals surface area (Å²) < 4.78 is 38.3. The van der Waals surface area contributed by atoms with E-state index in [0.717, 1.165) is 6.07 Å². The molecule has 1 aliphatic heterocycles. The number of nitrogens with one attached hydrogen (secondary N) is 1. The Hall–Kier alpha value is -1.83. The molecule has 1 aromatic rings. The Labute approximate surface area is 139 Å². The van der Waals surface area contributed by atoms with Crippen molar-refractivity contribution in [1.29, 1.82) is 0 Å². The third-order valence-corrected chi connectivity index (χ3v) is 4.02. The number of hydrogen-bond acceptors (Lipinski definition) is 4. The lowest BCUT2D eigenvalue weighted by Crippen LogP contribution is -2.54. The maximum absolute atomic E-state index is 12.8. The van der Waals surface area contributed by atoms with Crippen molar-refractivity contribution in [2.75, 3.05) is 31.1 Å². The maximum Gasteiger partial charge on any atom is 0.433 e. The number of piperazine rings is 1. The van der Waals surface area contributed by atoms with Gasteiger partial charge in [-0.1, -0.05) is 6.07 Å². The molecule has 0 aliphatic carbocycles. The second-order valence-electron chi connectivity index (χ2n) is 6.24. The second kappa shape index (κ2) is 7.38. The van der Waals surface area contributed by atoms with Gasteiger partial charge in [0, 0.05) is 32.2 Å². The summed E-state index contributed by atoms with van der Waals surface area (Å²) in [4.78, 5) is 19.6. The topological polar surface area (TPSA) is 48.5 Å². The van der Waals surface area contributed by atoms with Crippen LogP contribution >= 0.6 is 0 Å². The van der Waals surface area contributed by atoms with Crippen molar-refractivity contribution in [3.63, 3.8) is 0 Å². The Morgan fingerprint density at radius 1 is 1.17 bits per heavy atom. The van der Waals surface area contributed by atoms with E-state index in [-0.39, 0.29) is 18.0 Å². The number of nitrogens with zero attached hydrogens (tertiary/aromatic N) is 3. The Morgan fingerprint density at radius 3 is 2.33 bits per heavy atom. The van der Waals surface area contributed by atoms with E-state index < -0.39 is 11.9 Å². The molecule has 0 spiro atoms. The summed E-state index contributed by atoms with van der Waals surface area (Å²) in [7, 11) is 0. The van der Waals surface area contributed by atoms with Crippen LogP contribution in [0.5, 0.6) is 0 Å². The fraction of sp³-hybridized carbons (Fsp3) is 0.625. The molecular formula is C16H23F3N4O. The normalized spacial score (nSPS) is 17.9. The molecule has 0 bridgehead atoms. The van der Waals surface area contributed by atoms with Crippen LogP contribution in [0.25, 0.3) is 0 Å². The highest BCUT2D eigenvalue weighted by Gasteiger charge is 2.33. The predicted molar refractivity (Wildman–Crippen MR) is 85.8 cm³/mol. The fourth-order valence-electron chi connectivity index (χ4n) is 2.67. The first-order valence-corrected chi connectivity index (χ1v) is 8.02. The number of halogens is 3. The van der Waals surface area contributed by atoms with Gasteiger partial charge in [-0.2, -0.15) is 13.2 Å². The van der Waals surface area contributed by atoms with Crippen molar-refractivity contribution in [2.45, 2.75) is 39.0 Å². The van der Waals surface area contributed by atoms with E-state index in [4.69, 9.17) is 0 Å². The molecule has 0 aromatic carbocycles. The van der Waals surface area contributed by atoms with Gasteiger partial charge < -0.3 is 10.2 Å². The highest BCUT2D eigenvalue weighted by Crippen LogP contribution is 2.29. The quantitative estimate of drug-likeness (QED) is 0.909. The van der Waals surface area contributed by atoms with Crippen LogP contribution < -0.4 is 10.2 Å². The molecule has 1 amide bonds. The Kier molecular flexibility index (Phi) is 5.69. The van der Waals surface area contributed by atoms with Gasteiger partial charge in [0.05, 0.1) is 6.04 Å². The van der Waals surface area contributed by atoms with Crippen molar-refractivity contribution < 1.29 is 18.0 Å². The number of anilines is 1. The van der Waals surface area contributed by atoms with Gasteiger partial charge in [-0.25, -0.2) is 4.98 Å². The average molecular weight is 344 g/mol. The number of carbonyl (C=O) groups excluding carboxylic acids is 1. The molecule has 24 heavy (non-hydrogen) atoms.